The van der Waals surface area contributed by atoms with Gasteiger partial charge in [-0.3, -0.25) is 9.59 Å². The summed E-state index contributed by atoms with van der Waals surface area (Å²) in [5, 5.41) is 5.20. The van der Waals surface area contributed by atoms with E-state index < -0.39 is 24.3 Å². The molecule has 2 aliphatic carbocycles. The summed E-state index contributed by atoms with van der Waals surface area (Å²) in [5.74, 6) is 1.45. The number of rotatable bonds is 11. The minimum absolute atomic E-state index is 0.120. The zero-order valence-corrected chi connectivity index (χ0v) is 32.3. The highest BCUT2D eigenvalue weighted by Crippen LogP contribution is 2.50. The molecule has 4 aromatic rings. The Labute approximate surface area is 320 Å². The number of ether oxygens (including phenoxy) is 2. The van der Waals surface area contributed by atoms with Crippen LogP contribution in [0.3, 0.4) is 0 Å². The van der Waals surface area contributed by atoms with Gasteiger partial charge in [0.25, 0.3) is 0 Å². The standard InChI is InChI=1S/C41H50N8O6/c1-7-16-48(38(50)22(2)44-40(52)54-5)24(4)36-42-20-33(46-36)27-11-14-31-25(17-27)8-9-26-18-28(12-15-32(26)31)34-21-43-37(47-34)35-29-10-13-30(19-29)49(35)39(51)23(3)45-41(53)55-6/h11-12,14-15,17-18,20-24,29-30,35H,7-10,13,16,19H2,1-6H3,(H,42,46)(H,43,47)(H,44,52)(H,45,53)/t22-,23-,24-,29-,30+,35-/m0/s1. The van der Waals surface area contributed by atoms with E-state index in [0.717, 1.165) is 66.9 Å². The Hall–Kier alpha value is -5.66. The number of piperidine rings is 1. The molecule has 4 amide bonds. The average molecular weight is 751 g/mol. The van der Waals surface area contributed by atoms with Gasteiger partial charge in [0.15, 0.2) is 0 Å². The molecule has 2 fully saturated rings. The Bertz CT molecular complexity index is 2090. The van der Waals surface area contributed by atoms with Crippen molar-refractivity contribution in [2.24, 2.45) is 5.92 Å². The number of aryl methyl sites for hydroxylation is 2. The van der Waals surface area contributed by atoms with Gasteiger partial charge in [-0.15, -0.1) is 0 Å². The Balaban J connectivity index is 1.06. The van der Waals surface area contributed by atoms with Crippen molar-refractivity contribution < 1.29 is 28.7 Å². The lowest BCUT2D eigenvalue weighted by molar-refractivity contribution is -0.137. The number of amides is 4. The quantitative estimate of drug-likeness (QED) is 0.143. The molecule has 0 radical (unpaired) electrons. The minimum Gasteiger partial charge on any atom is -0.453 e. The molecule has 14 heteroatoms. The van der Waals surface area contributed by atoms with Gasteiger partial charge in [0, 0.05) is 12.6 Å². The molecular formula is C41H50N8O6. The van der Waals surface area contributed by atoms with Crippen LogP contribution in [0.4, 0.5) is 9.59 Å². The van der Waals surface area contributed by atoms with Crippen LogP contribution < -0.4 is 10.6 Å². The van der Waals surface area contributed by atoms with Crippen molar-refractivity contribution in [3.8, 4) is 33.6 Å². The van der Waals surface area contributed by atoms with Crippen molar-refractivity contribution in [1.29, 1.82) is 0 Å². The van der Waals surface area contributed by atoms with Crippen LogP contribution in [0.5, 0.6) is 0 Å². The number of fused-ring (bicyclic) bond motifs is 5. The van der Waals surface area contributed by atoms with Crippen LogP contribution in [-0.2, 0) is 31.9 Å². The number of nitrogens with one attached hydrogen (secondary N) is 4. The van der Waals surface area contributed by atoms with Gasteiger partial charge in [0.2, 0.25) is 11.8 Å². The number of alkyl carbamates (subject to hydrolysis) is 2. The summed E-state index contributed by atoms with van der Waals surface area (Å²) in [7, 11) is 2.56. The maximum atomic E-state index is 13.5. The molecule has 2 aromatic carbocycles. The van der Waals surface area contributed by atoms with E-state index >= 15 is 0 Å². The summed E-state index contributed by atoms with van der Waals surface area (Å²) in [5.41, 5.74) is 8.78. The van der Waals surface area contributed by atoms with Crippen LogP contribution in [0, 0.1) is 5.92 Å². The van der Waals surface area contributed by atoms with Crippen molar-refractivity contribution in [3.05, 3.63) is 71.6 Å². The van der Waals surface area contributed by atoms with Gasteiger partial charge in [0.1, 0.15) is 23.7 Å². The summed E-state index contributed by atoms with van der Waals surface area (Å²) in [6.45, 7) is 7.80. The number of carbonyl (C=O) groups is 4. The molecule has 1 aliphatic heterocycles. The van der Waals surface area contributed by atoms with Crippen LogP contribution in [0.15, 0.2) is 48.8 Å². The van der Waals surface area contributed by atoms with Crippen molar-refractivity contribution in [2.45, 2.75) is 96.4 Å². The number of benzene rings is 2. The molecule has 6 atom stereocenters. The number of nitrogens with zero attached hydrogens (tertiary/aromatic N) is 4. The molecule has 290 valence electrons. The molecule has 3 aliphatic rings. The highest BCUT2D eigenvalue weighted by Gasteiger charge is 2.50. The lowest BCUT2D eigenvalue weighted by atomic mass is 9.83. The first-order valence-corrected chi connectivity index (χ1v) is 19.2. The minimum atomic E-state index is -0.740. The number of methoxy groups -OCH3 is 2. The van der Waals surface area contributed by atoms with Crippen molar-refractivity contribution in [1.82, 2.24) is 40.4 Å². The van der Waals surface area contributed by atoms with E-state index in [1.807, 2.05) is 31.1 Å². The Morgan fingerprint density at radius 3 is 2.07 bits per heavy atom. The number of aromatic amines is 2. The normalized spacial score (nSPS) is 19.8. The number of imidazole rings is 2. The summed E-state index contributed by atoms with van der Waals surface area (Å²) >= 11 is 0. The smallest absolute Gasteiger partial charge is 0.407 e. The third-order valence-corrected chi connectivity index (χ3v) is 11.5. The average Bonchev–Trinajstić information content (AvgIpc) is 4.04. The lowest BCUT2D eigenvalue weighted by Gasteiger charge is -2.36. The summed E-state index contributed by atoms with van der Waals surface area (Å²) in [4.78, 5) is 70.5. The topological polar surface area (TPSA) is 175 Å². The molecule has 2 bridgehead atoms. The van der Waals surface area contributed by atoms with E-state index in [9.17, 15) is 19.2 Å². The maximum Gasteiger partial charge on any atom is 0.407 e. The fraction of sp³-hybridized carbons (Fsp3) is 0.463. The summed E-state index contributed by atoms with van der Waals surface area (Å²) in [6.07, 6.45) is 7.87. The Morgan fingerprint density at radius 2 is 1.45 bits per heavy atom. The highest BCUT2D eigenvalue weighted by molar-refractivity contribution is 5.87. The maximum absolute atomic E-state index is 13.5. The third kappa shape index (κ3) is 7.29. The van der Waals surface area contributed by atoms with E-state index in [0.29, 0.717) is 18.3 Å². The zero-order chi connectivity index (χ0) is 39.0. The van der Waals surface area contributed by atoms with Gasteiger partial charge in [-0.05, 0) is 111 Å². The highest BCUT2D eigenvalue weighted by atomic mass is 16.5. The fourth-order valence-corrected chi connectivity index (χ4v) is 8.67. The summed E-state index contributed by atoms with van der Waals surface area (Å²) in [6, 6.07) is 11.2. The first-order valence-electron chi connectivity index (χ1n) is 19.2. The predicted molar refractivity (Wildman–Crippen MR) is 206 cm³/mol. The monoisotopic (exact) mass is 750 g/mol. The molecule has 55 heavy (non-hydrogen) atoms. The van der Waals surface area contributed by atoms with Crippen LogP contribution in [0.2, 0.25) is 0 Å². The fourth-order valence-electron chi connectivity index (χ4n) is 8.67. The molecule has 14 nitrogen and oxygen atoms in total. The molecule has 7 rings (SSSR count). The van der Waals surface area contributed by atoms with E-state index in [1.54, 1.807) is 18.7 Å². The van der Waals surface area contributed by atoms with Gasteiger partial charge < -0.3 is 39.9 Å². The lowest BCUT2D eigenvalue weighted by Crippen LogP contribution is -2.50. The number of carbonyl (C=O) groups excluding carboxylic acids is 4. The SMILES string of the molecule is CCCN(C(=O)[C@H](C)NC(=O)OC)[C@@H](C)c1ncc(-c2ccc3c(c2)CCc2cc(-c4cnc([C@@H]5[C@H]6CC[C@H](C6)N5C(=O)[C@H](C)NC(=O)OC)[nH]4)ccc2-3)[nH]1. The van der Waals surface area contributed by atoms with Crippen molar-refractivity contribution in [2.75, 3.05) is 20.8 Å². The van der Waals surface area contributed by atoms with Gasteiger partial charge in [-0.2, -0.15) is 0 Å². The third-order valence-electron chi connectivity index (χ3n) is 11.5. The van der Waals surface area contributed by atoms with Crippen molar-refractivity contribution in [3.63, 3.8) is 0 Å². The number of hydrogen-bond donors (Lipinski definition) is 4. The number of aromatic nitrogens is 4. The first-order chi connectivity index (χ1) is 26.5. The summed E-state index contributed by atoms with van der Waals surface area (Å²) < 4.78 is 9.40. The Morgan fingerprint density at radius 1 is 0.855 bits per heavy atom. The van der Waals surface area contributed by atoms with Gasteiger partial charge in [-0.1, -0.05) is 31.2 Å². The predicted octanol–water partition coefficient (Wildman–Crippen LogP) is 6.07. The number of likely N-dealkylation sites (tertiary alicyclic amines) is 1. The van der Waals surface area contributed by atoms with E-state index in [-0.39, 0.29) is 29.9 Å². The molecule has 2 aromatic heterocycles. The second-order valence-electron chi connectivity index (χ2n) is 14.9. The second-order valence-corrected chi connectivity index (χ2v) is 14.9. The first kappa shape index (κ1) is 37.6. The van der Waals surface area contributed by atoms with Crippen LogP contribution >= 0.6 is 0 Å². The van der Waals surface area contributed by atoms with Gasteiger partial charge >= 0.3 is 12.2 Å². The number of H-pyrrole nitrogens is 2. The van der Waals surface area contributed by atoms with Crippen molar-refractivity contribution >= 4 is 24.0 Å². The molecule has 4 N–H and O–H groups in total. The molecule has 0 spiro atoms. The number of hydrogen-bond acceptors (Lipinski definition) is 8. The second kappa shape index (κ2) is 15.6. The molecule has 0 unspecified atom stereocenters. The van der Waals surface area contributed by atoms with E-state index in [2.05, 4.69) is 66.7 Å². The van der Waals surface area contributed by atoms with E-state index in [1.165, 1.54) is 36.5 Å². The van der Waals surface area contributed by atoms with Crippen LogP contribution in [0.1, 0.15) is 88.2 Å². The van der Waals surface area contributed by atoms with Crippen LogP contribution in [-0.4, -0.2) is 92.6 Å². The largest absolute Gasteiger partial charge is 0.453 e. The van der Waals surface area contributed by atoms with Gasteiger partial charge in [0.05, 0.1) is 50.1 Å². The zero-order valence-electron chi connectivity index (χ0n) is 32.3. The van der Waals surface area contributed by atoms with Crippen LogP contribution in [0.25, 0.3) is 33.6 Å². The molecule has 1 saturated carbocycles. The van der Waals surface area contributed by atoms with E-state index in [4.69, 9.17) is 9.72 Å². The Kier molecular flexibility index (Phi) is 10.7. The molecular weight excluding hydrogens is 701 g/mol. The van der Waals surface area contributed by atoms with Gasteiger partial charge in [-0.25, -0.2) is 19.6 Å². The molecule has 1 saturated heterocycles. The molecule has 3 heterocycles.